The van der Waals surface area contributed by atoms with E-state index < -0.39 is 0 Å². The molecule has 0 saturated carbocycles. The first-order valence-corrected chi connectivity index (χ1v) is 9.72. The molecule has 1 amide bonds. The number of nitrogens with zero attached hydrogens (tertiary/aromatic N) is 1. The van der Waals surface area contributed by atoms with Crippen molar-refractivity contribution in [2.45, 2.75) is 38.7 Å². The van der Waals surface area contributed by atoms with Crippen LogP contribution in [-0.2, 0) is 6.42 Å². The Kier molecular flexibility index (Phi) is 6.12. The highest BCUT2D eigenvalue weighted by Gasteiger charge is 2.31. The Morgan fingerprint density at radius 2 is 1.86 bits per heavy atom. The Hall–Kier alpha value is -2.69. The van der Waals surface area contributed by atoms with E-state index in [0.29, 0.717) is 18.0 Å². The summed E-state index contributed by atoms with van der Waals surface area (Å²) in [6, 6.07) is 11.8. The highest BCUT2D eigenvalue weighted by molar-refractivity contribution is 5.97. The van der Waals surface area contributed by atoms with Crippen LogP contribution >= 0.6 is 0 Å². The van der Waals surface area contributed by atoms with Gasteiger partial charge in [-0.3, -0.25) is 4.79 Å². The second-order valence-corrected chi connectivity index (χ2v) is 7.36. The van der Waals surface area contributed by atoms with Crippen molar-refractivity contribution in [3.05, 3.63) is 53.1 Å². The van der Waals surface area contributed by atoms with E-state index in [-0.39, 0.29) is 12.0 Å². The number of para-hydroxylation sites is 1. The van der Waals surface area contributed by atoms with Gasteiger partial charge in [0.15, 0.2) is 11.5 Å². The van der Waals surface area contributed by atoms with Gasteiger partial charge in [0, 0.05) is 25.1 Å². The minimum Gasteiger partial charge on any atom is -0.493 e. The molecule has 1 aliphatic heterocycles. The highest BCUT2D eigenvalue weighted by atomic mass is 16.5. The molecule has 0 radical (unpaired) electrons. The van der Waals surface area contributed by atoms with Crippen LogP contribution in [0.1, 0.15) is 47.7 Å². The molecule has 2 atom stereocenters. The summed E-state index contributed by atoms with van der Waals surface area (Å²) in [6.45, 7) is 4.85. The second kappa shape index (κ2) is 8.55. The molecule has 2 aromatic carbocycles. The minimum absolute atomic E-state index is 0.00506. The molecule has 28 heavy (non-hydrogen) atoms. The van der Waals surface area contributed by atoms with Gasteiger partial charge in [-0.05, 0) is 43.5 Å². The van der Waals surface area contributed by atoms with E-state index >= 15 is 0 Å². The van der Waals surface area contributed by atoms with E-state index in [9.17, 15) is 4.79 Å². The van der Waals surface area contributed by atoms with Gasteiger partial charge in [0.25, 0.3) is 5.91 Å². The van der Waals surface area contributed by atoms with Crippen LogP contribution in [0.15, 0.2) is 36.4 Å². The molecular weight excluding hydrogens is 354 g/mol. The van der Waals surface area contributed by atoms with E-state index in [1.807, 2.05) is 44.3 Å². The van der Waals surface area contributed by atoms with Gasteiger partial charge in [-0.25, -0.2) is 0 Å². The van der Waals surface area contributed by atoms with Crippen LogP contribution < -0.4 is 14.2 Å². The average molecular weight is 383 g/mol. The fourth-order valence-electron chi connectivity index (χ4n) is 3.62. The van der Waals surface area contributed by atoms with Crippen molar-refractivity contribution >= 4 is 5.91 Å². The van der Waals surface area contributed by atoms with Crippen LogP contribution in [0, 0.1) is 0 Å². The Morgan fingerprint density at radius 3 is 2.57 bits per heavy atom. The Bertz CT molecular complexity index is 848. The van der Waals surface area contributed by atoms with Crippen molar-refractivity contribution in [3.8, 4) is 17.2 Å². The zero-order chi connectivity index (χ0) is 20.3. The maximum atomic E-state index is 13.0. The monoisotopic (exact) mass is 383 g/mol. The fraction of sp³-hybridized carbons (Fsp3) is 0.435. The zero-order valence-electron chi connectivity index (χ0n) is 17.3. The molecule has 5 nitrogen and oxygen atoms in total. The molecule has 2 aromatic rings. The molecule has 3 rings (SSSR count). The number of carbonyl (C=O) groups is 1. The largest absolute Gasteiger partial charge is 0.493 e. The SMILES string of the molecule is COc1ccc(CCCN(C)C(=O)c2cccc3c2O[C@@H](C)[C@H]3C)cc1OC. The molecule has 5 heteroatoms. The summed E-state index contributed by atoms with van der Waals surface area (Å²) < 4.78 is 16.6. The minimum atomic E-state index is 0.00506. The Morgan fingerprint density at radius 1 is 1.11 bits per heavy atom. The fourth-order valence-corrected chi connectivity index (χ4v) is 3.62. The van der Waals surface area contributed by atoms with Crippen LogP contribution in [0.5, 0.6) is 17.2 Å². The standard InChI is InChI=1S/C23H29NO4/c1-15-16(2)28-22-18(15)9-6-10-19(22)23(25)24(3)13-7-8-17-11-12-20(26-4)21(14-17)27-5/h6,9-12,14-16H,7-8,13H2,1-5H3/t15-,16+/m1/s1. The first-order chi connectivity index (χ1) is 13.5. The summed E-state index contributed by atoms with van der Waals surface area (Å²) in [7, 11) is 5.11. The van der Waals surface area contributed by atoms with Crippen molar-refractivity contribution in [2.24, 2.45) is 0 Å². The maximum absolute atomic E-state index is 13.0. The molecular formula is C23H29NO4. The summed E-state index contributed by atoms with van der Waals surface area (Å²) >= 11 is 0. The van der Waals surface area contributed by atoms with Crippen molar-refractivity contribution in [3.63, 3.8) is 0 Å². The topological polar surface area (TPSA) is 48.0 Å². The number of amides is 1. The number of carbonyl (C=O) groups excluding carboxylic acids is 1. The molecule has 0 fully saturated rings. The van der Waals surface area contributed by atoms with E-state index in [1.54, 1.807) is 19.1 Å². The number of methoxy groups -OCH3 is 2. The van der Waals surface area contributed by atoms with Gasteiger partial charge in [-0.1, -0.05) is 25.1 Å². The quantitative estimate of drug-likeness (QED) is 0.715. The Labute approximate surface area is 167 Å². The molecule has 1 aliphatic rings. The van der Waals surface area contributed by atoms with Crippen molar-refractivity contribution in [1.82, 2.24) is 4.90 Å². The number of benzene rings is 2. The number of ether oxygens (including phenoxy) is 3. The highest BCUT2D eigenvalue weighted by Crippen LogP contribution is 2.40. The number of rotatable bonds is 7. The summed E-state index contributed by atoms with van der Waals surface area (Å²) in [5, 5.41) is 0. The summed E-state index contributed by atoms with van der Waals surface area (Å²) in [5.74, 6) is 2.51. The maximum Gasteiger partial charge on any atom is 0.257 e. The number of aryl methyl sites for hydroxylation is 1. The average Bonchev–Trinajstić information content (AvgIpc) is 3.01. The molecule has 1 heterocycles. The number of fused-ring (bicyclic) bond motifs is 1. The van der Waals surface area contributed by atoms with E-state index in [1.165, 1.54) is 0 Å². The van der Waals surface area contributed by atoms with Crippen LogP contribution in [-0.4, -0.2) is 44.7 Å². The lowest BCUT2D eigenvalue weighted by molar-refractivity contribution is 0.0788. The lowest BCUT2D eigenvalue weighted by Crippen LogP contribution is -2.28. The van der Waals surface area contributed by atoms with Gasteiger partial charge in [0.05, 0.1) is 19.8 Å². The van der Waals surface area contributed by atoms with Gasteiger partial charge in [-0.15, -0.1) is 0 Å². The molecule has 150 valence electrons. The van der Waals surface area contributed by atoms with E-state index in [0.717, 1.165) is 41.2 Å². The summed E-state index contributed by atoms with van der Waals surface area (Å²) in [6.07, 6.45) is 1.81. The van der Waals surface area contributed by atoms with Crippen molar-refractivity contribution in [1.29, 1.82) is 0 Å². The van der Waals surface area contributed by atoms with Gasteiger partial charge in [-0.2, -0.15) is 0 Å². The normalized spacial score (nSPS) is 17.6. The lowest BCUT2D eigenvalue weighted by atomic mass is 9.96. The van der Waals surface area contributed by atoms with Gasteiger partial charge < -0.3 is 19.1 Å². The molecule has 0 N–H and O–H groups in total. The second-order valence-electron chi connectivity index (χ2n) is 7.36. The molecule has 0 aliphatic carbocycles. The molecule has 0 bridgehead atoms. The van der Waals surface area contributed by atoms with E-state index in [2.05, 4.69) is 13.0 Å². The van der Waals surface area contributed by atoms with E-state index in [4.69, 9.17) is 14.2 Å². The molecule has 0 unspecified atom stereocenters. The smallest absolute Gasteiger partial charge is 0.257 e. The first-order valence-electron chi connectivity index (χ1n) is 9.72. The third-order valence-electron chi connectivity index (χ3n) is 5.53. The third kappa shape index (κ3) is 3.93. The predicted octanol–water partition coefficient (Wildman–Crippen LogP) is 4.29. The van der Waals surface area contributed by atoms with Gasteiger partial charge in [0.1, 0.15) is 11.9 Å². The molecule has 0 spiro atoms. The zero-order valence-corrected chi connectivity index (χ0v) is 17.3. The van der Waals surface area contributed by atoms with Crippen LogP contribution in [0.2, 0.25) is 0 Å². The molecule has 0 saturated heterocycles. The molecule has 0 aromatic heterocycles. The van der Waals surface area contributed by atoms with Gasteiger partial charge >= 0.3 is 0 Å². The lowest BCUT2D eigenvalue weighted by Gasteiger charge is -2.19. The van der Waals surface area contributed by atoms with Crippen molar-refractivity contribution < 1.29 is 19.0 Å². The number of hydrogen-bond donors (Lipinski definition) is 0. The van der Waals surface area contributed by atoms with Gasteiger partial charge in [0.2, 0.25) is 0 Å². The number of hydrogen-bond acceptors (Lipinski definition) is 4. The van der Waals surface area contributed by atoms with Crippen LogP contribution in [0.3, 0.4) is 0 Å². The Balaban J connectivity index is 1.62. The predicted molar refractivity (Wildman–Crippen MR) is 110 cm³/mol. The summed E-state index contributed by atoms with van der Waals surface area (Å²) in [5.41, 5.74) is 2.93. The van der Waals surface area contributed by atoms with Crippen LogP contribution in [0.4, 0.5) is 0 Å². The first kappa shape index (κ1) is 20.1. The summed E-state index contributed by atoms with van der Waals surface area (Å²) in [4.78, 5) is 14.7. The third-order valence-corrected chi connectivity index (χ3v) is 5.53. The van der Waals surface area contributed by atoms with Crippen LogP contribution in [0.25, 0.3) is 0 Å². The van der Waals surface area contributed by atoms with Crippen molar-refractivity contribution in [2.75, 3.05) is 27.8 Å².